The van der Waals surface area contributed by atoms with Crippen LogP contribution in [-0.2, 0) is 30.3 Å². The molecule has 2 unspecified atom stereocenters. The molecule has 0 saturated carbocycles. The largest absolute Gasteiger partial charge is 0.478 e. The van der Waals surface area contributed by atoms with Gasteiger partial charge in [0.25, 0.3) is 6.47 Å². The van der Waals surface area contributed by atoms with E-state index >= 15 is 0 Å². The molecule has 4 aromatic rings. The Morgan fingerprint density at radius 3 is 1.68 bits per heavy atom. The number of carbonyl (C=O) groups is 3. The molecule has 0 radical (unpaired) electrons. The summed E-state index contributed by atoms with van der Waals surface area (Å²) in [6.45, 7) is 28.7. The van der Waals surface area contributed by atoms with Crippen molar-refractivity contribution in [1.29, 1.82) is 0 Å². The summed E-state index contributed by atoms with van der Waals surface area (Å²) in [6.07, 6.45) is 5.31. The summed E-state index contributed by atoms with van der Waals surface area (Å²) >= 11 is 6.11. The zero-order valence-corrected chi connectivity index (χ0v) is 42.3. The highest BCUT2D eigenvalue weighted by atomic mass is 35.5. The van der Waals surface area contributed by atoms with Gasteiger partial charge in [0.15, 0.2) is 0 Å². The molecule has 2 aliphatic heterocycles. The minimum atomic E-state index is -0.538. The molecule has 0 spiro atoms. The zero-order valence-electron chi connectivity index (χ0n) is 41.6. The van der Waals surface area contributed by atoms with Gasteiger partial charge in [0.1, 0.15) is 34.8 Å². The number of likely N-dealkylation sites (N-methyl/N-ethyl adjacent to an activating group) is 2. The van der Waals surface area contributed by atoms with Crippen molar-refractivity contribution in [2.45, 2.75) is 126 Å². The van der Waals surface area contributed by atoms with Gasteiger partial charge in [-0.15, -0.1) is 0 Å². The average Bonchev–Trinajstić information content (AvgIpc) is 3.98. The maximum atomic E-state index is 12.6. The van der Waals surface area contributed by atoms with E-state index < -0.39 is 11.2 Å². The number of hydrogen-bond acceptors (Lipinski definition) is 15. The molecular formula is C50H67ClN8O9. The van der Waals surface area contributed by atoms with Crippen molar-refractivity contribution in [2.75, 3.05) is 55.7 Å². The van der Waals surface area contributed by atoms with Gasteiger partial charge in [-0.3, -0.25) is 4.79 Å². The van der Waals surface area contributed by atoms with Crippen LogP contribution in [0.2, 0.25) is 5.15 Å². The number of amides is 2. The van der Waals surface area contributed by atoms with Crippen LogP contribution in [0, 0.1) is 13.8 Å². The van der Waals surface area contributed by atoms with Gasteiger partial charge < -0.3 is 38.5 Å². The number of aryl methyl sites for hydroxylation is 1. The molecule has 2 amide bonds. The summed E-state index contributed by atoms with van der Waals surface area (Å²) in [5, 5.41) is 0.432. The van der Waals surface area contributed by atoms with Crippen LogP contribution in [0.5, 0.6) is 11.6 Å². The number of aromatic nitrogens is 4. The fourth-order valence-electron chi connectivity index (χ4n) is 8.31. The molecular weight excluding hydrogens is 892 g/mol. The first-order valence-electron chi connectivity index (χ1n) is 23.0. The van der Waals surface area contributed by atoms with Gasteiger partial charge in [-0.2, -0.15) is 9.59 Å². The number of benzene rings is 2. The molecule has 18 heteroatoms. The van der Waals surface area contributed by atoms with Crippen molar-refractivity contribution in [2.24, 2.45) is 0 Å². The molecule has 0 N–H and O–H groups in total. The standard InChI is InChI=1S/C25H34N4O5.C24H33ClN4O2.CO2/c1-7-29(19-9-10-28(14-19)24(31)34-25(4,5)6)21-11-18(12-22(17(21)3)33-16-30)20-13-23(32-8-2)27-15-26-20;1-7-17-11-18(20-13-22(25)27-15-26-20)12-21(16(17)3)29(8-2)19-9-10-28(14-19)23(30)31-24(4,5)6;2-1-3/h11-13,15-16,19H,7-10,14H2,1-6H3;11-13,15,19H,7-10,14H2,1-6H3;. The highest BCUT2D eigenvalue weighted by Gasteiger charge is 2.35. The maximum absolute atomic E-state index is 12.6. The van der Waals surface area contributed by atoms with E-state index in [2.05, 4.69) is 69.6 Å². The Morgan fingerprint density at radius 2 is 1.22 bits per heavy atom. The summed E-state index contributed by atoms with van der Waals surface area (Å²) in [5.41, 5.74) is 7.75. The Kier molecular flexibility index (Phi) is 19.7. The van der Waals surface area contributed by atoms with Crippen LogP contribution in [0.4, 0.5) is 21.0 Å². The molecule has 2 aromatic carbocycles. The Labute approximate surface area is 405 Å². The van der Waals surface area contributed by atoms with Crippen LogP contribution in [-0.4, -0.2) is 124 Å². The summed E-state index contributed by atoms with van der Waals surface area (Å²) in [5.74, 6) is 0.933. The van der Waals surface area contributed by atoms with Crippen molar-refractivity contribution in [3.05, 3.63) is 70.9 Å². The topological polar surface area (TPSA) is 187 Å². The van der Waals surface area contributed by atoms with Gasteiger partial charge in [-0.25, -0.2) is 29.5 Å². The van der Waals surface area contributed by atoms with Gasteiger partial charge in [0.2, 0.25) is 5.88 Å². The number of hydrogen-bond donors (Lipinski definition) is 0. The summed E-state index contributed by atoms with van der Waals surface area (Å²) < 4.78 is 22.0. The fraction of sp³-hybridized carbons (Fsp3) is 0.520. The quantitative estimate of drug-likeness (QED) is 0.0911. The number of halogens is 1. The molecule has 0 aliphatic carbocycles. The molecule has 368 valence electrons. The molecule has 2 fully saturated rings. The van der Waals surface area contributed by atoms with E-state index in [0.29, 0.717) is 68.3 Å². The Morgan fingerprint density at radius 1 is 0.735 bits per heavy atom. The van der Waals surface area contributed by atoms with Gasteiger partial charge in [0, 0.05) is 91.6 Å². The van der Waals surface area contributed by atoms with Gasteiger partial charge >= 0.3 is 18.3 Å². The highest BCUT2D eigenvalue weighted by molar-refractivity contribution is 6.29. The SMILES string of the molecule is CCOc1cc(-c2cc(OC=O)c(C)c(N(CC)C3CCN(C(=O)OC(C)(C)C)C3)c2)ncn1.CCc1cc(-c2cc(Cl)ncn2)cc(N(CC)C2CCN(C(=O)OC(C)(C)C)C2)c1C.O=C=O. The molecule has 4 heterocycles. The molecule has 2 atom stereocenters. The molecule has 0 bridgehead atoms. The van der Waals surface area contributed by atoms with Crippen molar-refractivity contribution < 1.29 is 42.9 Å². The molecule has 2 saturated heterocycles. The Bertz CT molecular complexity index is 2380. The summed E-state index contributed by atoms with van der Waals surface area (Å²) in [6, 6.07) is 12.1. The first kappa shape index (κ1) is 54.3. The third-order valence-electron chi connectivity index (χ3n) is 11.3. The minimum Gasteiger partial charge on any atom is -0.478 e. The lowest BCUT2D eigenvalue weighted by molar-refractivity contribution is -0.191. The van der Waals surface area contributed by atoms with E-state index in [4.69, 9.17) is 40.1 Å². The average molecular weight is 960 g/mol. The first-order valence-corrected chi connectivity index (χ1v) is 23.4. The highest BCUT2D eigenvalue weighted by Crippen LogP contribution is 2.38. The number of likely N-dealkylation sites (tertiary alicyclic amines) is 2. The Balaban J connectivity index is 0.000000281. The van der Waals surface area contributed by atoms with E-state index in [1.165, 1.54) is 29.5 Å². The van der Waals surface area contributed by atoms with Crippen LogP contribution >= 0.6 is 11.6 Å². The van der Waals surface area contributed by atoms with E-state index in [-0.39, 0.29) is 30.4 Å². The Hall–Kier alpha value is -6.32. The van der Waals surface area contributed by atoms with Crippen molar-refractivity contribution in [1.82, 2.24) is 29.7 Å². The van der Waals surface area contributed by atoms with Crippen LogP contribution in [0.3, 0.4) is 0 Å². The summed E-state index contributed by atoms with van der Waals surface area (Å²) in [4.78, 5) is 77.8. The molecule has 6 rings (SSSR count). The van der Waals surface area contributed by atoms with Crippen molar-refractivity contribution in [3.63, 3.8) is 0 Å². The number of rotatable bonds is 13. The number of anilines is 2. The second-order valence-electron chi connectivity index (χ2n) is 18.3. The fourth-order valence-corrected chi connectivity index (χ4v) is 8.45. The lowest BCUT2D eigenvalue weighted by Gasteiger charge is -2.33. The van der Waals surface area contributed by atoms with E-state index in [0.717, 1.165) is 53.9 Å². The van der Waals surface area contributed by atoms with Gasteiger partial charge in [-0.1, -0.05) is 18.5 Å². The van der Waals surface area contributed by atoms with E-state index in [9.17, 15) is 14.4 Å². The van der Waals surface area contributed by atoms with E-state index in [1.807, 2.05) is 66.4 Å². The molecule has 17 nitrogen and oxygen atoms in total. The first-order chi connectivity index (χ1) is 32.2. The van der Waals surface area contributed by atoms with Crippen LogP contribution in [0.25, 0.3) is 22.5 Å². The maximum Gasteiger partial charge on any atom is 0.410 e. The predicted molar refractivity (Wildman–Crippen MR) is 260 cm³/mol. The van der Waals surface area contributed by atoms with Crippen molar-refractivity contribution in [3.8, 4) is 34.1 Å². The van der Waals surface area contributed by atoms with Crippen LogP contribution in [0.1, 0.15) is 98.8 Å². The third-order valence-corrected chi connectivity index (χ3v) is 11.6. The number of nitrogens with zero attached hydrogens (tertiary/aromatic N) is 8. The number of ether oxygens (including phenoxy) is 4. The lowest BCUT2D eigenvalue weighted by Crippen LogP contribution is -2.41. The monoisotopic (exact) mass is 958 g/mol. The number of carbonyl (C=O) groups excluding carboxylic acids is 5. The molecule has 68 heavy (non-hydrogen) atoms. The molecule has 2 aromatic heterocycles. The van der Waals surface area contributed by atoms with Crippen LogP contribution in [0.15, 0.2) is 49.1 Å². The second kappa shape index (κ2) is 24.6. The third kappa shape index (κ3) is 14.8. The van der Waals surface area contributed by atoms with Gasteiger partial charge in [0.05, 0.1) is 18.0 Å². The van der Waals surface area contributed by atoms with Crippen molar-refractivity contribution >= 4 is 47.8 Å². The van der Waals surface area contributed by atoms with Crippen LogP contribution < -0.4 is 19.3 Å². The smallest absolute Gasteiger partial charge is 0.410 e. The van der Waals surface area contributed by atoms with E-state index in [1.54, 1.807) is 23.1 Å². The molecule has 2 aliphatic rings. The van der Waals surface area contributed by atoms with Gasteiger partial charge in [-0.05, 0) is 131 Å². The second-order valence-corrected chi connectivity index (χ2v) is 18.6. The normalized spacial score (nSPS) is 15.5. The summed E-state index contributed by atoms with van der Waals surface area (Å²) in [7, 11) is 0. The predicted octanol–water partition coefficient (Wildman–Crippen LogP) is 9.14. The zero-order chi connectivity index (χ0) is 50.3. The minimum absolute atomic E-state index is 0.0972. The lowest BCUT2D eigenvalue weighted by atomic mass is 9.97.